The maximum Gasteiger partial charge on any atom is 0.290 e. The molecule has 1 unspecified atom stereocenters. The number of H-pyrrole nitrogens is 1. The molecule has 7 nitrogen and oxygen atoms in total. The normalized spacial score (nSPS) is 16.9. The van der Waals surface area contributed by atoms with Crippen LogP contribution in [-0.4, -0.2) is 37.0 Å². The molecule has 7 heteroatoms. The predicted molar refractivity (Wildman–Crippen MR) is 113 cm³/mol. The number of aromatic nitrogens is 3. The minimum atomic E-state index is -0.479. The summed E-state index contributed by atoms with van der Waals surface area (Å²) in [5.74, 6) is 0.815. The summed E-state index contributed by atoms with van der Waals surface area (Å²) in [6, 6.07) is 11.1. The minimum Gasteiger partial charge on any atom is -0.503 e. The molecule has 30 heavy (non-hydrogen) atoms. The van der Waals surface area contributed by atoms with E-state index in [-0.39, 0.29) is 11.7 Å². The van der Waals surface area contributed by atoms with Gasteiger partial charge >= 0.3 is 0 Å². The molecule has 0 radical (unpaired) electrons. The first-order valence-corrected chi connectivity index (χ1v) is 9.96. The fraction of sp³-hybridized carbons (Fsp3) is 0.217. The summed E-state index contributed by atoms with van der Waals surface area (Å²) in [6.07, 6.45) is 7.96. The molecule has 3 aromatic heterocycles. The largest absolute Gasteiger partial charge is 0.503 e. The Morgan fingerprint density at radius 1 is 1.20 bits per heavy atom. The first kappa shape index (κ1) is 18.3. The molecule has 5 rings (SSSR count). The Balaban J connectivity index is 1.53. The third-order valence-corrected chi connectivity index (χ3v) is 5.59. The zero-order valence-corrected chi connectivity index (χ0v) is 16.6. The summed E-state index contributed by atoms with van der Waals surface area (Å²) in [5, 5.41) is 11.9. The van der Waals surface area contributed by atoms with Gasteiger partial charge in [0.05, 0.1) is 6.33 Å². The molecule has 0 fully saturated rings. The van der Waals surface area contributed by atoms with Crippen LogP contribution < -0.4 is 0 Å². The fourth-order valence-corrected chi connectivity index (χ4v) is 4.19. The number of carbonyl (C=O) groups excluding carboxylic acids is 1. The number of imidazole rings is 1. The van der Waals surface area contributed by atoms with Gasteiger partial charge in [-0.2, -0.15) is 0 Å². The molecule has 2 N–H and O–H groups in total. The maximum absolute atomic E-state index is 13.1. The van der Waals surface area contributed by atoms with Crippen molar-refractivity contribution in [1.29, 1.82) is 0 Å². The average Bonchev–Trinajstić information content (AvgIpc) is 3.52. The number of hydrogen-bond acceptors (Lipinski definition) is 4. The molecule has 0 aliphatic carbocycles. The lowest BCUT2D eigenvalue weighted by atomic mass is 9.97. The lowest BCUT2D eigenvalue weighted by molar-refractivity contribution is -0.129. The molecule has 152 valence electrons. The number of furan rings is 1. The van der Waals surface area contributed by atoms with Crippen LogP contribution >= 0.6 is 0 Å². The van der Waals surface area contributed by atoms with Gasteiger partial charge in [0.1, 0.15) is 17.6 Å². The van der Waals surface area contributed by atoms with Crippen molar-refractivity contribution in [3.05, 3.63) is 84.2 Å². The topological polar surface area (TPSA) is 87.3 Å². The van der Waals surface area contributed by atoms with E-state index in [0.29, 0.717) is 17.9 Å². The van der Waals surface area contributed by atoms with Crippen molar-refractivity contribution in [2.24, 2.45) is 0 Å². The highest BCUT2D eigenvalue weighted by atomic mass is 16.3. The van der Waals surface area contributed by atoms with Crippen LogP contribution in [0.25, 0.3) is 16.5 Å². The Labute approximate surface area is 173 Å². The molecule has 1 atom stereocenters. The number of nitrogens with one attached hydrogen (secondary N) is 1. The Hall–Kier alpha value is -3.74. The molecule has 1 aromatic carbocycles. The van der Waals surface area contributed by atoms with E-state index in [4.69, 9.17) is 4.42 Å². The van der Waals surface area contributed by atoms with Gasteiger partial charge in [-0.3, -0.25) is 4.79 Å². The van der Waals surface area contributed by atoms with Gasteiger partial charge in [0.25, 0.3) is 5.91 Å². The van der Waals surface area contributed by atoms with E-state index in [9.17, 15) is 9.90 Å². The highest BCUT2D eigenvalue weighted by Gasteiger charge is 2.43. The van der Waals surface area contributed by atoms with Crippen LogP contribution in [0.4, 0.5) is 0 Å². The third-order valence-electron chi connectivity index (χ3n) is 5.59. The lowest BCUT2D eigenvalue weighted by Crippen LogP contribution is -2.31. The van der Waals surface area contributed by atoms with E-state index in [1.807, 2.05) is 60.3 Å². The van der Waals surface area contributed by atoms with Gasteiger partial charge in [-0.15, -0.1) is 0 Å². The zero-order chi connectivity index (χ0) is 20.7. The standard InChI is InChI=1S/C23H22N4O3/c1-15-7-8-19(30-15)21-20(17-13-25-18-6-3-2-5-16(17)18)22(28)23(29)27(21)11-4-10-26-12-9-24-14-26/h2-3,5-9,12-14,21,25,28H,4,10-11H2,1H3. The molecule has 1 aliphatic rings. The van der Waals surface area contributed by atoms with Crippen LogP contribution in [0.1, 0.15) is 29.5 Å². The van der Waals surface area contributed by atoms with Crippen LogP contribution in [0.3, 0.4) is 0 Å². The van der Waals surface area contributed by atoms with Crippen molar-refractivity contribution in [3.63, 3.8) is 0 Å². The van der Waals surface area contributed by atoms with E-state index in [0.717, 1.165) is 35.2 Å². The number of benzene rings is 1. The van der Waals surface area contributed by atoms with Crippen molar-refractivity contribution in [2.45, 2.75) is 25.9 Å². The van der Waals surface area contributed by atoms with E-state index in [2.05, 4.69) is 9.97 Å². The van der Waals surface area contributed by atoms with Crippen LogP contribution in [0.5, 0.6) is 0 Å². The smallest absolute Gasteiger partial charge is 0.290 e. The minimum absolute atomic E-state index is 0.221. The van der Waals surface area contributed by atoms with Crippen LogP contribution in [0.15, 0.2) is 71.5 Å². The molecule has 0 saturated carbocycles. The quantitative estimate of drug-likeness (QED) is 0.506. The van der Waals surface area contributed by atoms with Gasteiger partial charge < -0.3 is 24.0 Å². The van der Waals surface area contributed by atoms with E-state index in [1.54, 1.807) is 17.4 Å². The van der Waals surface area contributed by atoms with Gasteiger partial charge in [-0.05, 0) is 31.5 Å². The molecule has 1 amide bonds. The number of aryl methyl sites for hydroxylation is 2. The number of hydrogen-bond donors (Lipinski definition) is 2. The van der Waals surface area contributed by atoms with Gasteiger partial charge in [0.2, 0.25) is 0 Å². The number of carbonyl (C=O) groups is 1. The van der Waals surface area contributed by atoms with Gasteiger partial charge in [-0.1, -0.05) is 18.2 Å². The highest BCUT2D eigenvalue weighted by Crippen LogP contribution is 2.45. The second kappa shape index (κ2) is 7.26. The summed E-state index contributed by atoms with van der Waals surface area (Å²) < 4.78 is 7.90. The molecular formula is C23H22N4O3. The van der Waals surface area contributed by atoms with Crippen molar-refractivity contribution in [3.8, 4) is 0 Å². The number of amides is 1. The molecule has 4 aromatic rings. The number of para-hydroxylation sites is 1. The summed E-state index contributed by atoms with van der Waals surface area (Å²) in [6.45, 7) is 3.09. The second-order valence-corrected chi connectivity index (χ2v) is 7.51. The Kier molecular flexibility index (Phi) is 4.43. The number of fused-ring (bicyclic) bond motifs is 1. The number of rotatable bonds is 6. The van der Waals surface area contributed by atoms with Crippen LogP contribution in [0, 0.1) is 6.92 Å². The first-order chi connectivity index (χ1) is 14.6. The second-order valence-electron chi connectivity index (χ2n) is 7.51. The Morgan fingerprint density at radius 3 is 2.83 bits per heavy atom. The van der Waals surface area contributed by atoms with E-state index < -0.39 is 6.04 Å². The Bertz CT molecular complexity index is 1230. The van der Waals surface area contributed by atoms with Crippen LogP contribution in [-0.2, 0) is 11.3 Å². The van der Waals surface area contributed by atoms with E-state index in [1.165, 1.54) is 0 Å². The predicted octanol–water partition coefficient (Wildman–Crippen LogP) is 4.21. The van der Waals surface area contributed by atoms with Crippen molar-refractivity contribution >= 4 is 22.4 Å². The number of nitrogens with zero attached hydrogens (tertiary/aromatic N) is 3. The molecule has 4 heterocycles. The first-order valence-electron chi connectivity index (χ1n) is 9.96. The summed E-state index contributed by atoms with van der Waals surface area (Å²) in [7, 11) is 0. The number of aliphatic hydroxyl groups is 1. The number of aromatic amines is 1. The molecule has 0 saturated heterocycles. The van der Waals surface area contributed by atoms with Crippen LogP contribution in [0.2, 0.25) is 0 Å². The molecule has 0 bridgehead atoms. The summed E-state index contributed by atoms with van der Waals surface area (Å²) >= 11 is 0. The SMILES string of the molecule is Cc1ccc(C2C(c3c[nH]c4ccccc34)=C(O)C(=O)N2CCCn2ccnc2)o1. The van der Waals surface area contributed by atoms with Crippen molar-refractivity contribution < 1.29 is 14.3 Å². The van der Waals surface area contributed by atoms with Crippen molar-refractivity contribution in [2.75, 3.05) is 6.54 Å². The summed E-state index contributed by atoms with van der Waals surface area (Å²) in [4.78, 5) is 22.1. The lowest BCUT2D eigenvalue weighted by Gasteiger charge is -2.25. The van der Waals surface area contributed by atoms with E-state index >= 15 is 0 Å². The zero-order valence-electron chi connectivity index (χ0n) is 16.6. The average molecular weight is 402 g/mol. The monoisotopic (exact) mass is 402 g/mol. The fourth-order valence-electron chi connectivity index (χ4n) is 4.19. The highest BCUT2D eigenvalue weighted by molar-refractivity contribution is 6.08. The number of aliphatic hydroxyl groups excluding tert-OH is 1. The summed E-state index contributed by atoms with van der Waals surface area (Å²) in [5.41, 5.74) is 2.34. The van der Waals surface area contributed by atoms with Gasteiger partial charge in [0.15, 0.2) is 5.76 Å². The molecule has 1 aliphatic heterocycles. The maximum atomic E-state index is 13.1. The van der Waals surface area contributed by atoms with Gasteiger partial charge in [0, 0.05) is 53.7 Å². The van der Waals surface area contributed by atoms with Crippen molar-refractivity contribution in [1.82, 2.24) is 19.4 Å². The molecule has 0 spiro atoms. The molecular weight excluding hydrogens is 380 g/mol. The third kappa shape index (κ3) is 2.99. The van der Waals surface area contributed by atoms with Gasteiger partial charge in [-0.25, -0.2) is 4.98 Å². The Morgan fingerprint density at radius 2 is 2.07 bits per heavy atom.